The van der Waals surface area contributed by atoms with Gasteiger partial charge in [0.2, 0.25) is 0 Å². The fourth-order valence-electron chi connectivity index (χ4n) is 0.228. The average Bonchev–Trinajstić information content (AvgIpc) is 1.73. The smallest absolute Gasteiger partial charge is 0.149 e. The van der Waals surface area contributed by atoms with E-state index in [1.165, 1.54) is 0 Å². The molecular weight excluding hydrogens is 80.1 g/mol. The first kappa shape index (κ1) is 4.01. The zero-order chi connectivity index (χ0) is 4.78. The third-order valence-electron chi connectivity index (χ3n) is 0.837. The van der Waals surface area contributed by atoms with Crippen molar-refractivity contribution in [1.29, 1.82) is 0 Å². The van der Waals surface area contributed by atoms with Gasteiger partial charge in [-0.05, 0) is 0 Å². The van der Waals surface area contributed by atoms with Crippen molar-refractivity contribution in [2.24, 2.45) is 17.2 Å². The summed E-state index contributed by atoms with van der Waals surface area (Å²) in [5, 5.41) is 2.60. The monoisotopic (exact) mass is 88.1 g/mol. The van der Waals surface area contributed by atoms with E-state index < -0.39 is 5.79 Å². The van der Waals surface area contributed by atoms with E-state index in [9.17, 15) is 0 Å². The molecule has 0 saturated carbocycles. The Kier molecular flexibility index (Phi) is 0.493. The molecule has 1 atom stereocenters. The minimum Gasteiger partial charge on any atom is -0.312 e. The first-order valence-electron chi connectivity index (χ1n) is 1.74. The molecule has 0 aliphatic carbocycles. The minimum atomic E-state index is -0.764. The molecule has 4 nitrogen and oxygen atoms in total. The van der Waals surface area contributed by atoms with Gasteiger partial charge in [-0.3, -0.25) is 16.8 Å². The summed E-state index contributed by atoms with van der Waals surface area (Å²) in [6.07, 6.45) is -0.197. The molecule has 0 radical (unpaired) electrons. The summed E-state index contributed by atoms with van der Waals surface area (Å²) in [5.74, 6) is -0.764. The van der Waals surface area contributed by atoms with Crippen LogP contribution in [-0.4, -0.2) is 12.0 Å². The average molecular weight is 88.1 g/mol. The number of hydrogen-bond acceptors (Lipinski definition) is 4. The minimum absolute atomic E-state index is 0.197. The fraction of sp³-hybridized carbons (Fsp3) is 1.00. The second-order valence-electron chi connectivity index (χ2n) is 1.56. The number of nitrogens with one attached hydrogen (secondary N) is 1. The number of nitrogens with two attached hydrogens (primary N) is 3. The Hall–Kier alpha value is -0.160. The van der Waals surface area contributed by atoms with Gasteiger partial charge in [-0.2, -0.15) is 0 Å². The molecule has 1 unspecified atom stereocenters. The molecule has 1 saturated heterocycles. The zero-order valence-corrected chi connectivity index (χ0v) is 3.31. The highest BCUT2D eigenvalue weighted by atomic mass is 15.5. The molecular formula is C2H8N4. The molecule has 1 aliphatic rings. The Morgan fingerprint density at radius 1 is 1.50 bits per heavy atom. The first-order valence-corrected chi connectivity index (χ1v) is 1.74. The number of hydrogen-bond donors (Lipinski definition) is 4. The summed E-state index contributed by atoms with van der Waals surface area (Å²) in [6, 6.07) is 0. The summed E-state index contributed by atoms with van der Waals surface area (Å²) in [7, 11) is 0. The summed E-state index contributed by atoms with van der Waals surface area (Å²) >= 11 is 0. The van der Waals surface area contributed by atoms with Crippen LogP contribution in [0.25, 0.3) is 0 Å². The van der Waals surface area contributed by atoms with Crippen LogP contribution >= 0.6 is 0 Å². The summed E-state index contributed by atoms with van der Waals surface area (Å²) in [4.78, 5) is 0. The van der Waals surface area contributed by atoms with Crippen LogP contribution in [0.4, 0.5) is 0 Å². The maximum atomic E-state index is 5.15. The van der Waals surface area contributed by atoms with Crippen LogP contribution in [0.5, 0.6) is 0 Å². The predicted octanol–water partition coefficient (Wildman–Crippen LogP) is -2.55. The van der Waals surface area contributed by atoms with Crippen molar-refractivity contribution in [3.8, 4) is 0 Å². The van der Waals surface area contributed by atoms with Crippen LogP contribution < -0.4 is 22.5 Å². The van der Waals surface area contributed by atoms with E-state index in [0.29, 0.717) is 0 Å². The number of rotatable bonds is 0. The second kappa shape index (κ2) is 0.737. The Labute approximate surface area is 35.7 Å². The summed E-state index contributed by atoms with van der Waals surface area (Å²) in [5.41, 5.74) is 15.4. The van der Waals surface area contributed by atoms with Crippen LogP contribution in [0.2, 0.25) is 0 Å². The topological polar surface area (TPSA) is 100 Å². The summed E-state index contributed by atoms with van der Waals surface area (Å²) in [6.45, 7) is 0. The molecule has 0 amide bonds. The molecule has 0 aromatic carbocycles. The maximum Gasteiger partial charge on any atom is 0.149 e. The van der Waals surface area contributed by atoms with Gasteiger partial charge in [0, 0.05) is 0 Å². The highest BCUT2D eigenvalue weighted by Gasteiger charge is 2.43. The molecule has 4 heteroatoms. The van der Waals surface area contributed by atoms with Gasteiger partial charge in [-0.25, -0.2) is 0 Å². The van der Waals surface area contributed by atoms with Crippen LogP contribution in [0.1, 0.15) is 0 Å². The Morgan fingerprint density at radius 2 is 1.67 bits per heavy atom. The molecule has 6 heavy (non-hydrogen) atoms. The van der Waals surface area contributed by atoms with Gasteiger partial charge in [-0.15, -0.1) is 0 Å². The SMILES string of the molecule is NC1NC1(N)N. The lowest BCUT2D eigenvalue weighted by molar-refractivity contribution is 0.668. The molecule has 1 heterocycles. The highest BCUT2D eigenvalue weighted by molar-refractivity contribution is 5.00. The van der Waals surface area contributed by atoms with Gasteiger partial charge in [0.25, 0.3) is 0 Å². The second-order valence-corrected chi connectivity index (χ2v) is 1.56. The van der Waals surface area contributed by atoms with Gasteiger partial charge in [0.15, 0.2) is 0 Å². The highest BCUT2D eigenvalue weighted by Crippen LogP contribution is 2.03. The largest absolute Gasteiger partial charge is 0.312 e. The van der Waals surface area contributed by atoms with Crippen molar-refractivity contribution in [3.05, 3.63) is 0 Å². The molecule has 1 rings (SSSR count). The maximum absolute atomic E-state index is 5.15. The van der Waals surface area contributed by atoms with Crippen LogP contribution in [0.3, 0.4) is 0 Å². The van der Waals surface area contributed by atoms with Gasteiger partial charge >= 0.3 is 0 Å². The van der Waals surface area contributed by atoms with Crippen LogP contribution in [0.15, 0.2) is 0 Å². The van der Waals surface area contributed by atoms with Gasteiger partial charge < -0.3 is 5.73 Å². The lowest BCUT2D eigenvalue weighted by Crippen LogP contribution is -2.41. The van der Waals surface area contributed by atoms with Crippen LogP contribution in [-0.2, 0) is 0 Å². The van der Waals surface area contributed by atoms with Crippen molar-refractivity contribution < 1.29 is 0 Å². The Bertz CT molecular complexity index is 67.9. The fourth-order valence-corrected chi connectivity index (χ4v) is 0.228. The van der Waals surface area contributed by atoms with Crippen molar-refractivity contribution in [2.75, 3.05) is 0 Å². The third-order valence-corrected chi connectivity index (χ3v) is 0.837. The van der Waals surface area contributed by atoms with E-state index in [2.05, 4.69) is 5.32 Å². The lowest BCUT2D eigenvalue weighted by atomic mass is 10.6. The van der Waals surface area contributed by atoms with Gasteiger partial charge in [0.1, 0.15) is 12.0 Å². The molecule has 0 spiro atoms. The first-order chi connectivity index (χ1) is 2.63. The van der Waals surface area contributed by atoms with Crippen molar-refractivity contribution in [3.63, 3.8) is 0 Å². The van der Waals surface area contributed by atoms with Gasteiger partial charge in [0.05, 0.1) is 0 Å². The van der Waals surface area contributed by atoms with E-state index in [4.69, 9.17) is 17.2 Å². The standard InChI is InChI=1S/C2H8N4/c3-1-2(4,5)6-1/h1,6H,3-5H2. The predicted molar refractivity (Wildman–Crippen MR) is 22.2 cm³/mol. The molecule has 1 aliphatic heterocycles. The zero-order valence-electron chi connectivity index (χ0n) is 3.31. The quantitative estimate of drug-likeness (QED) is 0.193. The normalized spacial score (nSPS) is 39.5. The van der Waals surface area contributed by atoms with E-state index in [0.717, 1.165) is 0 Å². The molecule has 7 N–H and O–H groups in total. The van der Waals surface area contributed by atoms with E-state index in [-0.39, 0.29) is 6.17 Å². The molecule has 0 aromatic rings. The molecule has 1 fully saturated rings. The van der Waals surface area contributed by atoms with Crippen LogP contribution in [0, 0.1) is 0 Å². The van der Waals surface area contributed by atoms with E-state index >= 15 is 0 Å². The van der Waals surface area contributed by atoms with Gasteiger partial charge in [-0.1, -0.05) is 0 Å². The molecule has 0 aromatic heterocycles. The Balaban J connectivity index is 2.41. The lowest BCUT2D eigenvalue weighted by Gasteiger charge is -1.90. The Morgan fingerprint density at radius 3 is 1.67 bits per heavy atom. The summed E-state index contributed by atoms with van der Waals surface area (Å²) < 4.78 is 0. The molecule has 0 bridgehead atoms. The van der Waals surface area contributed by atoms with Crippen molar-refractivity contribution >= 4 is 0 Å². The van der Waals surface area contributed by atoms with E-state index in [1.807, 2.05) is 0 Å². The molecule has 36 valence electrons. The van der Waals surface area contributed by atoms with Crippen molar-refractivity contribution in [2.45, 2.75) is 12.0 Å². The van der Waals surface area contributed by atoms with Crippen molar-refractivity contribution in [1.82, 2.24) is 5.32 Å². The third kappa shape index (κ3) is 0.396. The van der Waals surface area contributed by atoms with E-state index in [1.54, 1.807) is 0 Å².